The average Bonchev–Trinajstić information content (AvgIpc) is 2.93. The minimum atomic E-state index is 0.775. The van der Waals surface area contributed by atoms with E-state index in [2.05, 4.69) is 42.2 Å². The summed E-state index contributed by atoms with van der Waals surface area (Å²) < 4.78 is 0. The molecule has 1 aromatic carbocycles. The zero-order valence-electron chi connectivity index (χ0n) is 12.2. The lowest BCUT2D eigenvalue weighted by Gasteiger charge is -2.29. The Bertz CT molecular complexity index is 350. The molecular formula is C17H28N2. The van der Waals surface area contributed by atoms with Crippen LogP contribution in [0.2, 0.25) is 0 Å². The normalized spacial score (nSPS) is 23.1. The fourth-order valence-corrected chi connectivity index (χ4v) is 3.25. The van der Waals surface area contributed by atoms with Crippen LogP contribution in [-0.2, 0) is 6.54 Å². The van der Waals surface area contributed by atoms with Crippen molar-refractivity contribution >= 4 is 0 Å². The second-order valence-corrected chi connectivity index (χ2v) is 5.84. The van der Waals surface area contributed by atoms with Crippen molar-refractivity contribution in [3.63, 3.8) is 0 Å². The molecule has 106 valence electrons. The van der Waals surface area contributed by atoms with E-state index in [9.17, 15) is 0 Å². The number of hydrogen-bond acceptors (Lipinski definition) is 2. The fraction of sp³-hybridized carbons (Fsp3) is 0.647. The van der Waals surface area contributed by atoms with Crippen LogP contribution < -0.4 is 5.73 Å². The summed E-state index contributed by atoms with van der Waals surface area (Å²) in [5.74, 6) is 0.946. The smallest absolute Gasteiger partial charge is 0.0236 e. The first-order chi connectivity index (χ1) is 9.33. The molecule has 0 radical (unpaired) electrons. The molecule has 1 fully saturated rings. The monoisotopic (exact) mass is 260 g/mol. The molecule has 2 nitrogen and oxygen atoms in total. The van der Waals surface area contributed by atoms with Crippen LogP contribution in [0, 0.1) is 5.92 Å². The number of rotatable bonds is 7. The zero-order valence-corrected chi connectivity index (χ0v) is 12.2. The van der Waals surface area contributed by atoms with Gasteiger partial charge < -0.3 is 5.73 Å². The molecule has 1 aliphatic carbocycles. The van der Waals surface area contributed by atoms with Gasteiger partial charge in [-0.25, -0.2) is 0 Å². The SMILES string of the molecule is CCC1CCC(N(CCCN)Cc2ccccc2)C1. The molecule has 0 bridgehead atoms. The van der Waals surface area contributed by atoms with Gasteiger partial charge in [0.05, 0.1) is 0 Å². The van der Waals surface area contributed by atoms with Gasteiger partial charge in [0.15, 0.2) is 0 Å². The predicted molar refractivity (Wildman–Crippen MR) is 81.9 cm³/mol. The second-order valence-electron chi connectivity index (χ2n) is 5.84. The quantitative estimate of drug-likeness (QED) is 0.814. The Morgan fingerprint density at radius 1 is 1.21 bits per heavy atom. The van der Waals surface area contributed by atoms with Gasteiger partial charge in [-0.1, -0.05) is 43.7 Å². The maximum absolute atomic E-state index is 5.70. The molecule has 1 saturated carbocycles. The van der Waals surface area contributed by atoms with Crippen LogP contribution in [0.15, 0.2) is 30.3 Å². The standard InChI is InChI=1S/C17H28N2/c1-2-15-9-10-17(13-15)19(12-6-11-18)14-16-7-4-3-5-8-16/h3-5,7-8,15,17H,2,6,9-14,18H2,1H3. The van der Waals surface area contributed by atoms with E-state index in [0.717, 1.165) is 38.0 Å². The van der Waals surface area contributed by atoms with Crippen molar-refractivity contribution in [3.05, 3.63) is 35.9 Å². The second kappa shape index (κ2) is 7.66. The summed E-state index contributed by atoms with van der Waals surface area (Å²) in [5, 5.41) is 0. The molecule has 2 heteroatoms. The Morgan fingerprint density at radius 2 is 2.00 bits per heavy atom. The van der Waals surface area contributed by atoms with Gasteiger partial charge in [0.2, 0.25) is 0 Å². The summed E-state index contributed by atoms with van der Waals surface area (Å²) in [5.41, 5.74) is 7.13. The molecule has 1 aliphatic rings. The maximum atomic E-state index is 5.70. The lowest BCUT2D eigenvalue weighted by atomic mass is 10.0. The van der Waals surface area contributed by atoms with E-state index in [1.54, 1.807) is 0 Å². The van der Waals surface area contributed by atoms with Gasteiger partial charge >= 0.3 is 0 Å². The maximum Gasteiger partial charge on any atom is 0.0236 e. The topological polar surface area (TPSA) is 29.3 Å². The van der Waals surface area contributed by atoms with E-state index in [1.165, 1.54) is 31.2 Å². The van der Waals surface area contributed by atoms with E-state index in [1.807, 2.05) is 0 Å². The number of nitrogens with two attached hydrogens (primary N) is 1. The lowest BCUT2D eigenvalue weighted by Crippen LogP contribution is -2.34. The first-order valence-corrected chi connectivity index (χ1v) is 7.81. The highest BCUT2D eigenvalue weighted by atomic mass is 15.2. The molecule has 0 aromatic heterocycles. The van der Waals surface area contributed by atoms with Crippen LogP contribution in [0.1, 0.15) is 44.6 Å². The average molecular weight is 260 g/mol. The largest absolute Gasteiger partial charge is 0.330 e. The third-order valence-corrected chi connectivity index (χ3v) is 4.49. The van der Waals surface area contributed by atoms with E-state index in [-0.39, 0.29) is 0 Å². The highest BCUT2D eigenvalue weighted by Crippen LogP contribution is 2.32. The van der Waals surface area contributed by atoms with Crippen molar-refractivity contribution in [2.24, 2.45) is 11.7 Å². The highest BCUT2D eigenvalue weighted by Gasteiger charge is 2.27. The van der Waals surface area contributed by atoms with E-state index in [0.29, 0.717) is 0 Å². The Labute approximate surface area is 118 Å². The molecule has 2 rings (SSSR count). The molecule has 2 N–H and O–H groups in total. The van der Waals surface area contributed by atoms with Gasteiger partial charge in [0.1, 0.15) is 0 Å². The summed E-state index contributed by atoms with van der Waals surface area (Å²) in [6, 6.07) is 11.6. The number of nitrogens with zero attached hydrogens (tertiary/aromatic N) is 1. The van der Waals surface area contributed by atoms with E-state index >= 15 is 0 Å². The molecule has 2 unspecified atom stereocenters. The van der Waals surface area contributed by atoms with Gasteiger partial charge in [-0.05, 0) is 50.3 Å². The number of hydrogen-bond donors (Lipinski definition) is 1. The van der Waals surface area contributed by atoms with Crippen LogP contribution in [-0.4, -0.2) is 24.0 Å². The van der Waals surface area contributed by atoms with Gasteiger partial charge in [-0.3, -0.25) is 4.90 Å². The summed E-state index contributed by atoms with van der Waals surface area (Å²) in [4.78, 5) is 2.66. The lowest BCUT2D eigenvalue weighted by molar-refractivity contribution is 0.184. The van der Waals surface area contributed by atoms with E-state index < -0.39 is 0 Å². The summed E-state index contributed by atoms with van der Waals surface area (Å²) in [6.45, 7) is 5.36. The van der Waals surface area contributed by atoms with Crippen LogP contribution in [0.3, 0.4) is 0 Å². The summed E-state index contributed by atoms with van der Waals surface area (Å²) in [7, 11) is 0. The Hall–Kier alpha value is -0.860. The van der Waals surface area contributed by atoms with Crippen molar-refractivity contribution in [2.45, 2.75) is 51.6 Å². The zero-order chi connectivity index (χ0) is 13.5. The van der Waals surface area contributed by atoms with Crippen LogP contribution in [0.5, 0.6) is 0 Å². The minimum Gasteiger partial charge on any atom is -0.330 e. The molecule has 1 aromatic rings. The van der Waals surface area contributed by atoms with Gasteiger partial charge in [-0.15, -0.1) is 0 Å². The summed E-state index contributed by atoms with van der Waals surface area (Å²) >= 11 is 0. The Balaban J connectivity index is 1.95. The van der Waals surface area contributed by atoms with Gasteiger partial charge in [0.25, 0.3) is 0 Å². The first kappa shape index (κ1) is 14.5. The van der Waals surface area contributed by atoms with Gasteiger partial charge in [0, 0.05) is 12.6 Å². The molecule has 0 aliphatic heterocycles. The predicted octanol–water partition coefficient (Wildman–Crippen LogP) is 3.42. The molecule has 2 atom stereocenters. The molecule has 0 amide bonds. The third kappa shape index (κ3) is 4.32. The van der Waals surface area contributed by atoms with Gasteiger partial charge in [-0.2, -0.15) is 0 Å². The van der Waals surface area contributed by atoms with E-state index in [4.69, 9.17) is 5.73 Å². The van der Waals surface area contributed by atoms with Crippen LogP contribution >= 0.6 is 0 Å². The molecule has 0 heterocycles. The third-order valence-electron chi connectivity index (χ3n) is 4.49. The molecule has 0 spiro atoms. The summed E-state index contributed by atoms with van der Waals surface area (Å²) in [6.07, 6.45) is 6.62. The molecule has 0 saturated heterocycles. The molecular weight excluding hydrogens is 232 g/mol. The van der Waals surface area contributed by atoms with Crippen molar-refractivity contribution < 1.29 is 0 Å². The van der Waals surface area contributed by atoms with Crippen molar-refractivity contribution in [1.82, 2.24) is 4.90 Å². The van der Waals surface area contributed by atoms with Crippen molar-refractivity contribution in [3.8, 4) is 0 Å². The minimum absolute atomic E-state index is 0.775. The first-order valence-electron chi connectivity index (χ1n) is 7.81. The van der Waals surface area contributed by atoms with Crippen LogP contribution in [0.4, 0.5) is 0 Å². The Kier molecular flexibility index (Phi) is 5.87. The molecule has 19 heavy (non-hydrogen) atoms. The van der Waals surface area contributed by atoms with Crippen LogP contribution in [0.25, 0.3) is 0 Å². The number of benzene rings is 1. The Morgan fingerprint density at radius 3 is 2.63 bits per heavy atom. The van der Waals surface area contributed by atoms with Crippen molar-refractivity contribution in [2.75, 3.05) is 13.1 Å². The fourth-order valence-electron chi connectivity index (χ4n) is 3.25. The van der Waals surface area contributed by atoms with Crippen molar-refractivity contribution in [1.29, 1.82) is 0 Å². The highest BCUT2D eigenvalue weighted by molar-refractivity contribution is 5.14.